The third-order valence-corrected chi connectivity index (χ3v) is 19.4. The van der Waals surface area contributed by atoms with E-state index in [1.165, 1.54) is 102 Å². The predicted octanol–water partition coefficient (Wildman–Crippen LogP) is 1.54. The second-order valence-electron chi connectivity index (χ2n) is 28.2. The van der Waals surface area contributed by atoms with Gasteiger partial charge in [0.15, 0.2) is 35.6 Å². The van der Waals surface area contributed by atoms with Crippen molar-refractivity contribution in [3.63, 3.8) is 0 Å². The highest BCUT2D eigenvalue weighted by molar-refractivity contribution is 5.82. The quantitative estimate of drug-likeness (QED) is 0.0178. The second-order valence-corrected chi connectivity index (χ2v) is 28.2. The molecule has 3 rings (SSSR count). The molecule has 0 aromatic carbocycles. The van der Waals surface area contributed by atoms with Crippen molar-refractivity contribution in [2.75, 3.05) is 39.6 Å². The van der Waals surface area contributed by atoms with Gasteiger partial charge in [-0.25, -0.2) is 0 Å². The van der Waals surface area contributed by atoms with Gasteiger partial charge in [0.1, 0.15) is 79.3 Å². The third-order valence-electron chi connectivity index (χ3n) is 19.4. The number of carbonyl (C=O) groups excluding carboxylic acids is 4. The molecule has 0 aliphatic carbocycles. The van der Waals surface area contributed by atoms with E-state index in [1.54, 1.807) is 6.08 Å². The molecular weight excluding hydrogens is 1410 g/mol. The van der Waals surface area contributed by atoms with Gasteiger partial charge in [0.25, 0.3) is 11.7 Å². The van der Waals surface area contributed by atoms with E-state index in [-0.39, 0.29) is 6.42 Å². The molecule has 3 aliphatic heterocycles. The SMILES string of the molecule is CCCCCCCCCCCCC/C=C/[C@H](O)[C@@H](CO[C@H](O)/C(O)=C(\O)[C@@H](CCO)O[C@@H]1OC(CO)[C@H](O[C@@H]2OC(CO)[C@H](O)C(O[C@H](O)/C(O)=C(\O)[C@@H](O)CCO)C2NC(C)=O)C(O[C@]2(C(N)=O)CC(O)[C@@H](NC(C)=O)C([C@H](O)[C@H](O)CO)O2)C1O)NC(=O)CCCCCCCCCCCCCCCCC. The molecule has 4 amide bonds. The van der Waals surface area contributed by atoms with Crippen molar-refractivity contribution < 1.29 is 149 Å². The van der Waals surface area contributed by atoms with Crippen LogP contribution >= 0.6 is 0 Å². The van der Waals surface area contributed by atoms with Crippen LogP contribution in [0.4, 0.5) is 0 Å². The molecular formula is C73H132N4O30. The molecule has 23 N–H and O–H groups in total. The van der Waals surface area contributed by atoms with Crippen molar-refractivity contribution in [2.24, 2.45) is 5.73 Å². The first-order valence-corrected chi connectivity index (χ1v) is 38.6. The van der Waals surface area contributed by atoms with E-state index in [2.05, 4.69) is 29.8 Å². The zero-order valence-electron chi connectivity index (χ0n) is 63.0. The van der Waals surface area contributed by atoms with E-state index in [1.807, 2.05) is 0 Å². The molecule has 0 spiro atoms. The maximum atomic E-state index is 14.0. The summed E-state index contributed by atoms with van der Waals surface area (Å²) < 4.78 is 47.5. The molecule has 22 atom stereocenters. The van der Waals surface area contributed by atoms with Crippen LogP contribution in [0.3, 0.4) is 0 Å². The summed E-state index contributed by atoms with van der Waals surface area (Å²) in [6, 6.07) is -4.96. The fourth-order valence-electron chi connectivity index (χ4n) is 13.2. The zero-order valence-corrected chi connectivity index (χ0v) is 63.0. The van der Waals surface area contributed by atoms with Gasteiger partial charge in [-0.05, 0) is 19.3 Å². The number of hydrogen-bond donors (Lipinski definition) is 22. The number of hydrogen-bond acceptors (Lipinski definition) is 30. The lowest BCUT2D eigenvalue weighted by molar-refractivity contribution is -0.390. The Morgan fingerprint density at radius 1 is 0.570 bits per heavy atom. The van der Waals surface area contributed by atoms with Gasteiger partial charge in [-0.15, -0.1) is 0 Å². The number of primary amides is 1. The molecule has 0 aromatic rings. The lowest BCUT2D eigenvalue weighted by Gasteiger charge is -2.52. The molecule has 0 bridgehead atoms. The molecule has 0 aromatic heterocycles. The number of aliphatic hydroxyl groups is 18. The summed E-state index contributed by atoms with van der Waals surface area (Å²) in [5.74, 6) is -12.6. The highest BCUT2D eigenvalue weighted by Gasteiger charge is 2.61. The molecule has 107 heavy (non-hydrogen) atoms. The number of rotatable bonds is 58. The minimum absolute atomic E-state index is 0.0952. The number of nitrogens with one attached hydrogen (secondary N) is 3. The smallest absolute Gasteiger partial charge is 0.277 e. The molecule has 3 saturated heterocycles. The summed E-state index contributed by atoms with van der Waals surface area (Å²) in [4.78, 5) is 52.9. The molecule has 0 radical (unpaired) electrons. The first-order chi connectivity index (χ1) is 51.1. The van der Waals surface area contributed by atoms with E-state index >= 15 is 0 Å². The van der Waals surface area contributed by atoms with Crippen molar-refractivity contribution in [2.45, 2.75) is 361 Å². The molecule has 3 heterocycles. The van der Waals surface area contributed by atoms with E-state index in [9.17, 15) is 111 Å². The Morgan fingerprint density at radius 2 is 1.07 bits per heavy atom. The van der Waals surface area contributed by atoms with Gasteiger partial charge in [0, 0.05) is 52.7 Å². The minimum Gasteiger partial charge on any atom is -0.506 e. The van der Waals surface area contributed by atoms with Gasteiger partial charge in [-0.1, -0.05) is 180 Å². The minimum atomic E-state index is -3.20. The number of nitrogens with two attached hydrogens (primary N) is 1. The van der Waals surface area contributed by atoms with E-state index in [4.69, 9.17) is 43.6 Å². The average molecular weight is 1550 g/mol. The van der Waals surface area contributed by atoms with Gasteiger partial charge in [0.05, 0.1) is 50.7 Å². The standard InChI is InChI=1S/C73H132N4O30/c1-5-7-9-11-13-15-17-19-20-22-24-26-28-30-32-34-54(89)77-46(47(85)33-31-29-27-25-23-21-18-16-14-12-10-8-6-2)43-100-68(97)62(95)59(92)51(36-38-79)101-71-63(96)67(107-73(72(74)99)39-49(87)55(75-44(3)83)66(106-73)58(91)50(88)40-80)64(53(42-82)103-71)105-70-56(76-45(4)84)65(60(93)52(41-81)102-70)104-69(98)61(94)57(90)48(86)35-37-78/h31,33,46-53,55-56,58,60,63-71,78-82,85-88,90-98H,5-30,32,34-43H2,1-4H3,(H2,74,99)(H,75,83)(H,76,84)(H,77,89)/b33-31+,61-57+,62-59+/t46-,47+,48+,49?,50-,51-,52?,53?,55-,56?,58-,60+,63?,64+,65?,66?,67?,68+,69+,70+,71-,73+/m1/s1. The van der Waals surface area contributed by atoms with E-state index in [0.717, 1.165) is 78.1 Å². The Bertz CT molecular complexity index is 2560. The molecule has 3 fully saturated rings. The van der Waals surface area contributed by atoms with Gasteiger partial charge in [0.2, 0.25) is 30.3 Å². The molecule has 0 saturated carbocycles. The first-order valence-electron chi connectivity index (χ1n) is 38.6. The third kappa shape index (κ3) is 33.3. The van der Waals surface area contributed by atoms with Crippen LogP contribution in [-0.2, 0) is 57.1 Å². The Kier molecular flexibility index (Phi) is 48.2. The summed E-state index contributed by atoms with van der Waals surface area (Å²) in [5.41, 5.74) is 5.96. The number of allylic oxidation sites excluding steroid dienone is 1. The average Bonchev–Trinajstić information content (AvgIpc) is 0.750. The van der Waals surface area contributed by atoms with Crippen LogP contribution in [0.25, 0.3) is 0 Å². The topological polar surface area (TPSA) is 568 Å². The maximum Gasteiger partial charge on any atom is 0.277 e. The summed E-state index contributed by atoms with van der Waals surface area (Å²) in [7, 11) is 0. The zero-order chi connectivity index (χ0) is 79.6. The summed E-state index contributed by atoms with van der Waals surface area (Å²) >= 11 is 0. The fourth-order valence-corrected chi connectivity index (χ4v) is 13.2. The normalized spacial score (nSPS) is 27.7. The Hall–Kier alpha value is -4.58. The number of carbonyl (C=O) groups is 4. The van der Waals surface area contributed by atoms with Gasteiger partial charge in [-0.3, -0.25) is 19.2 Å². The lowest BCUT2D eigenvalue weighted by Crippen LogP contribution is -2.72. The second kappa shape index (κ2) is 53.4. The van der Waals surface area contributed by atoms with Crippen LogP contribution in [0.1, 0.15) is 227 Å². The van der Waals surface area contributed by atoms with Crippen molar-refractivity contribution in [1.29, 1.82) is 0 Å². The largest absolute Gasteiger partial charge is 0.506 e. The van der Waals surface area contributed by atoms with Crippen molar-refractivity contribution in [3.05, 3.63) is 35.2 Å². The van der Waals surface area contributed by atoms with Gasteiger partial charge < -0.3 is 151 Å². The van der Waals surface area contributed by atoms with Crippen LogP contribution in [0.5, 0.6) is 0 Å². The molecule has 624 valence electrons. The maximum absolute atomic E-state index is 14.0. The molecule has 3 aliphatic rings. The highest BCUT2D eigenvalue weighted by Crippen LogP contribution is 2.40. The monoisotopic (exact) mass is 1540 g/mol. The highest BCUT2D eigenvalue weighted by atomic mass is 16.8. The van der Waals surface area contributed by atoms with Crippen LogP contribution < -0.4 is 21.7 Å². The summed E-state index contributed by atoms with van der Waals surface area (Å²) in [6.07, 6.45) is -8.54. The fraction of sp³-hybridized carbons (Fsp3) is 0.863. The van der Waals surface area contributed by atoms with Gasteiger partial charge >= 0.3 is 0 Å². The van der Waals surface area contributed by atoms with Crippen molar-refractivity contribution in [3.8, 4) is 0 Å². The van der Waals surface area contributed by atoms with Crippen LogP contribution in [-0.4, -0.2) is 290 Å². The van der Waals surface area contributed by atoms with Crippen molar-refractivity contribution >= 4 is 23.6 Å². The Morgan fingerprint density at radius 3 is 1.56 bits per heavy atom. The number of amides is 4. The Balaban J connectivity index is 2.04. The predicted molar refractivity (Wildman–Crippen MR) is 384 cm³/mol. The molecule has 34 heteroatoms. The van der Waals surface area contributed by atoms with Crippen LogP contribution in [0.15, 0.2) is 35.2 Å². The van der Waals surface area contributed by atoms with Crippen molar-refractivity contribution in [1.82, 2.24) is 16.0 Å². The number of ether oxygens (including phenoxy) is 8. The lowest BCUT2D eigenvalue weighted by atomic mass is 9.87. The molecule has 8 unspecified atom stereocenters. The van der Waals surface area contributed by atoms with E-state index < -0.39 is 240 Å². The Labute approximate surface area is 628 Å². The summed E-state index contributed by atoms with van der Waals surface area (Å²) in [6.45, 7) is 0.400. The number of unbranched alkanes of at least 4 members (excludes halogenated alkanes) is 25. The van der Waals surface area contributed by atoms with Gasteiger partial charge in [-0.2, -0.15) is 0 Å². The van der Waals surface area contributed by atoms with E-state index in [0.29, 0.717) is 12.8 Å². The first kappa shape index (κ1) is 96.6. The number of aliphatic hydroxyl groups excluding tert-OH is 18. The van der Waals surface area contributed by atoms with Crippen LogP contribution in [0, 0.1) is 0 Å². The summed E-state index contributed by atoms with van der Waals surface area (Å²) in [5, 5.41) is 205. The molecule has 34 nitrogen and oxygen atoms in total. The van der Waals surface area contributed by atoms with Crippen LogP contribution in [0.2, 0.25) is 0 Å².